The van der Waals surface area contributed by atoms with Gasteiger partial charge in [0.25, 0.3) is 0 Å². The van der Waals surface area contributed by atoms with E-state index < -0.39 is 11.5 Å². The summed E-state index contributed by atoms with van der Waals surface area (Å²) in [6.45, 7) is 2.54. The Kier molecular flexibility index (Phi) is 4.95. The van der Waals surface area contributed by atoms with E-state index in [4.69, 9.17) is 10.8 Å². The molecule has 0 fully saturated rings. The molecule has 0 spiro atoms. The smallest absolute Gasteiger partial charge is 0.323 e. The molecule has 0 aromatic carbocycles. The number of carboxylic acids is 1. The van der Waals surface area contributed by atoms with Gasteiger partial charge in [0.2, 0.25) is 0 Å². The standard InChI is InChI=1S/C9H20N2O2/c1-9(10,8(12)13)6-4-5-7-11(2)3/h4-7,10H2,1-3H3,(H,12,13). The van der Waals surface area contributed by atoms with E-state index in [1.54, 1.807) is 6.92 Å². The first-order valence-electron chi connectivity index (χ1n) is 4.53. The Morgan fingerprint density at radius 3 is 2.38 bits per heavy atom. The third kappa shape index (κ3) is 5.60. The molecule has 0 aliphatic carbocycles. The molecule has 1 unspecified atom stereocenters. The summed E-state index contributed by atoms with van der Waals surface area (Å²) in [6.07, 6.45) is 2.39. The van der Waals surface area contributed by atoms with Gasteiger partial charge in [-0.2, -0.15) is 0 Å². The minimum absolute atomic E-state index is 0.538. The van der Waals surface area contributed by atoms with Crippen LogP contribution < -0.4 is 5.73 Å². The summed E-state index contributed by atoms with van der Waals surface area (Å²) in [5.74, 6) is -0.919. The van der Waals surface area contributed by atoms with Gasteiger partial charge in [0.1, 0.15) is 5.54 Å². The summed E-state index contributed by atoms with van der Waals surface area (Å²) in [6, 6.07) is 0. The van der Waals surface area contributed by atoms with Crippen molar-refractivity contribution in [1.29, 1.82) is 0 Å². The highest BCUT2D eigenvalue weighted by atomic mass is 16.4. The van der Waals surface area contributed by atoms with E-state index >= 15 is 0 Å². The van der Waals surface area contributed by atoms with E-state index in [0.717, 1.165) is 19.4 Å². The van der Waals surface area contributed by atoms with Gasteiger partial charge in [-0.3, -0.25) is 4.79 Å². The number of aliphatic carboxylic acids is 1. The first-order valence-corrected chi connectivity index (χ1v) is 4.53. The lowest BCUT2D eigenvalue weighted by atomic mass is 9.96. The molecule has 0 bridgehead atoms. The lowest BCUT2D eigenvalue weighted by molar-refractivity contribution is -0.142. The molecule has 0 aliphatic heterocycles. The molecule has 0 aromatic heterocycles. The van der Waals surface area contributed by atoms with Gasteiger partial charge in [-0.1, -0.05) is 0 Å². The Morgan fingerprint density at radius 2 is 2.00 bits per heavy atom. The van der Waals surface area contributed by atoms with Crippen molar-refractivity contribution in [2.45, 2.75) is 31.7 Å². The summed E-state index contributed by atoms with van der Waals surface area (Å²) in [4.78, 5) is 12.7. The summed E-state index contributed by atoms with van der Waals surface area (Å²) in [5.41, 5.74) is 4.50. The molecule has 4 heteroatoms. The zero-order valence-corrected chi connectivity index (χ0v) is 8.71. The van der Waals surface area contributed by atoms with Gasteiger partial charge in [-0.25, -0.2) is 0 Å². The number of hydrogen-bond acceptors (Lipinski definition) is 3. The van der Waals surface area contributed by atoms with E-state index in [1.807, 2.05) is 14.1 Å². The molecule has 0 heterocycles. The van der Waals surface area contributed by atoms with Crippen LogP contribution in [0, 0.1) is 0 Å². The number of nitrogens with zero attached hydrogens (tertiary/aromatic N) is 1. The zero-order chi connectivity index (χ0) is 10.5. The van der Waals surface area contributed by atoms with Crippen molar-refractivity contribution < 1.29 is 9.90 Å². The van der Waals surface area contributed by atoms with Crippen LogP contribution >= 0.6 is 0 Å². The molecule has 0 saturated carbocycles. The molecule has 1 atom stereocenters. The van der Waals surface area contributed by atoms with Gasteiger partial charge in [-0.15, -0.1) is 0 Å². The van der Waals surface area contributed by atoms with Crippen molar-refractivity contribution in [2.24, 2.45) is 5.73 Å². The normalized spacial score (nSPS) is 15.8. The number of carboxylic acid groups (broad SMARTS) is 1. The third-order valence-corrected chi connectivity index (χ3v) is 2.04. The second-order valence-corrected chi connectivity index (χ2v) is 3.98. The Bertz CT molecular complexity index is 167. The van der Waals surface area contributed by atoms with Crippen LogP contribution in [0.15, 0.2) is 0 Å². The van der Waals surface area contributed by atoms with Crippen LogP contribution in [0.1, 0.15) is 26.2 Å². The monoisotopic (exact) mass is 188 g/mol. The van der Waals surface area contributed by atoms with E-state index in [-0.39, 0.29) is 0 Å². The molecule has 0 amide bonds. The molecular weight excluding hydrogens is 168 g/mol. The Hall–Kier alpha value is -0.610. The minimum atomic E-state index is -1.06. The van der Waals surface area contributed by atoms with Crippen LogP contribution in [0.2, 0.25) is 0 Å². The fourth-order valence-electron chi connectivity index (χ4n) is 1.03. The van der Waals surface area contributed by atoms with Crippen molar-refractivity contribution in [3.63, 3.8) is 0 Å². The number of unbranched alkanes of at least 4 members (excludes halogenated alkanes) is 1. The molecule has 0 radical (unpaired) electrons. The average Bonchev–Trinajstić information content (AvgIpc) is 1.97. The third-order valence-electron chi connectivity index (χ3n) is 2.04. The van der Waals surface area contributed by atoms with Gasteiger partial charge in [-0.05, 0) is 46.8 Å². The van der Waals surface area contributed by atoms with Crippen LogP contribution in [0.5, 0.6) is 0 Å². The molecule has 0 aliphatic rings. The first kappa shape index (κ1) is 12.4. The lowest BCUT2D eigenvalue weighted by Gasteiger charge is -2.19. The van der Waals surface area contributed by atoms with E-state index in [0.29, 0.717) is 6.42 Å². The molecule has 0 saturated heterocycles. The van der Waals surface area contributed by atoms with Crippen molar-refractivity contribution in [3.8, 4) is 0 Å². The Morgan fingerprint density at radius 1 is 1.46 bits per heavy atom. The van der Waals surface area contributed by atoms with Gasteiger partial charge >= 0.3 is 5.97 Å². The van der Waals surface area contributed by atoms with E-state index in [1.165, 1.54) is 0 Å². The molecule has 3 N–H and O–H groups in total. The summed E-state index contributed by atoms with van der Waals surface area (Å²) < 4.78 is 0. The average molecular weight is 188 g/mol. The van der Waals surface area contributed by atoms with Crippen molar-refractivity contribution >= 4 is 5.97 Å². The zero-order valence-electron chi connectivity index (χ0n) is 8.71. The highest BCUT2D eigenvalue weighted by Crippen LogP contribution is 2.10. The fourth-order valence-corrected chi connectivity index (χ4v) is 1.03. The minimum Gasteiger partial charge on any atom is -0.480 e. The second-order valence-electron chi connectivity index (χ2n) is 3.98. The molecule has 4 nitrogen and oxygen atoms in total. The van der Waals surface area contributed by atoms with Gasteiger partial charge in [0.15, 0.2) is 0 Å². The topological polar surface area (TPSA) is 66.6 Å². The quantitative estimate of drug-likeness (QED) is 0.596. The fraction of sp³-hybridized carbons (Fsp3) is 0.889. The van der Waals surface area contributed by atoms with Crippen LogP contribution in [0.4, 0.5) is 0 Å². The number of hydrogen-bond donors (Lipinski definition) is 2. The summed E-state index contributed by atoms with van der Waals surface area (Å²) >= 11 is 0. The summed E-state index contributed by atoms with van der Waals surface area (Å²) in [5, 5.41) is 8.71. The van der Waals surface area contributed by atoms with Crippen molar-refractivity contribution in [1.82, 2.24) is 4.90 Å². The van der Waals surface area contributed by atoms with Crippen LogP contribution in [-0.4, -0.2) is 42.2 Å². The lowest BCUT2D eigenvalue weighted by Crippen LogP contribution is -2.44. The maximum absolute atomic E-state index is 10.6. The van der Waals surface area contributed by atoms with Crippen molar-refractivity contribution in [3.05, 3.63) is 0 Å². The summed E-state index contributed by atoms with van der Waals surface area (Å²) in [7, 11) is 4.00. The van der Waals surface area contributed by atoms with Crippen molar-refractivity contribution in [2.75, 3.05) is 20.6 Å². The number of carbonyl (C=O) groups is 1. The predicted octanol–water partition coefficient (Wildman–Crippen LogP) is 0.520. The van der Waals surface area contributed by atoms with E-state index in [2.05, 4.69) is 4.90 Å². The Labute approximate surface area is 79.7 Å². The second kappa shape index (κ2) is 5.19. The van der Waals surface area contributed by atoms with Crippen LogP contribution in [0.3, 0.4) is 0 Å². The molecule has 0 rings (SSSR count). The van der Waals surface area contributed by atoms with Gasteiger partial charge in [0.05, 0.1) is 0 Å². The number of rotatable bonds is 6. The Balaban J connectivity index is 3.58. The molecule has 0 aromatic rings. The van der Waals surface area contributed by atoms with Gasteiger partial charge < -0.3 is 15.7 Å². The predicted molar refractivity (Wildman–Crippen MR) is 52.6 cm³/mol. The van der Waals surface area contributed by atoms with Crippen LogP contribution in [-0.2, 0) is 4.79 Å². The number of nitrogens with two attached hydrogens (primary N) is 1. The highest BCUT2D eigenvalue weighted by molar-refractivity contribution is 5.77. The molecular formula is C9H20N2O2. The van der Waals surface area contributed by atoms with Gasteiger partial charge in [0, 0.05) is 0 Å². The van der Waals surface area contributed by atoms with E-state index in [9.17, 15) is 4.79 Å². The maximum atomic E-state index is 10.6. The largest absolute Gasteiger partial charge is 0.480 e. The highest BCUT2D eigenvalue weighted by Gasteiger charge is 2.26. The SMILES string of the molecule is CN(C)CCCCC(C)(N)C(=O)O. The first-order chi connectivity index (χ1) is 5.86. The molecule has 78 valence electrons. The maximum Gasteiger partial charge on any atom is 0.323 e. The van der Waals surface area contributed by atoms with Crippen LogP contribution in [0.25, 0.3) is 0 Å². The molecule has 13 heavy (non-hydrogen) atoms.